The van der Waals surface area contributed by atoms with Crippen molar-refractivity contribution in [3.05, 3.63) is 39.9 Å². The first-order valence-corrected chi connectivity index (χ1v) is 5.13. The van der Waals surface area contributed by atoms with Crippen molar-refractivity contribution in [1.29, 1.82) is 0 Å². The average molecular weight is 208 g/mol. The molecule has 1 aromatic carbocycles. The summed E-state index contributed by atoms with van der Waals surface area (Å²) in [6, 6.07) is 6.92. The van der Waals surface area contributed by atoms with Crippen LogP contribution in [0.15, 0.2) is 24.3 Å². The van der Waals surface area contributed by atoms with Crippen LogP contribution < -0.4 is 5.32 Å². The van der Waals surface area contributed by atoms with Crippen LogP contribution in [0.25, 0.3) is 0 Å². The maximum atomic E-state index is 10.4. The highest BCUT2D eigenvalue weighted by atomic mass is 16.6. The zero-order valence-corrected chi connectivity index (χ0v) is 9.06. The van der Waals surface area contributed by atoms with Gasteiger partial charge >= 0.3 is 0 Å². The van der Waals surface area contributed by atoms with Crippen LogP contribution in [0.2, 0.25) is 0 Å². The minimum Gasteiger partial charge on any atom is -0.310 e. The lowest BCUT2D eigenvalue weighted by Gasteiger charge is -2.12. The molecule has 4 heteroatoms. The van der Waals surface area contributed by atoms with E-state index in [0.29, 0.717) is 0 Å². The molecule has 0 radical (unpaired) electrons. The molecule has 0 aromatic heterocycles. The summed E-state index contributed by atoms with van der Waals surface area (Å²) in [6.07, 6.45) is 1.08. The summed E-state index contributed by atoms with van der Waals surface area (Å²) in [7, 11) is 0. The van der Waals surface area contributed by atoms with Crippen LogP contribution in [0.3, 0.4) is 0 Å². The third kappa shape index (κ3) is 3.32. The summed E-state index contributed by atoms with van der Waals surface area (Å²) in [5.74, 6) is 0. The monoisotopic (exact) mass is 208 g/mol. The predicted molar refractivity (Wildman–Crippen MR) is 59.8 cm³/mol. The first-order chi connectivity index (χ1) is 7.15. The van der Waals surface area contributed by atoms with Gasteiger partial charge in [0.15, 0.2) is 0 Å². The number of benzene rings is 1. The zero-order valence-electron chi connectivity index (χ0n) is 9.06. The second kappa shape index (κ2) is 5.46. The number of hydrogen-bond donors (Lipinski definition) is 1. The summed E-state index contributed by atoms with van der Waals surface area (Å²) < 4.78 is 0. The Labute approximate surface area is 89.5 Å². The van der Waals surface area contributed by atoms with Gasteiger partial charge in [0.25, 0.3) is 5.69 Å². The highest BCUT2D eigenvalue weighted by molar-refractivity contribution is 5.33. The number of nitrogens with zero attached hydrogens (tertiary/aromatic N) is 1. The van der Waals surface area contributed by atoms with E-state index in [0.717, 1.165) is 18.5 Å². The number of rotatable bonds is 5. The van der Waals surface area contributed by atoms with Crippen LogP contribution in [0, 0.1) is 10.1 Å². The number of non-ortho nitro benzene ring substituents is 1. The van der Waals surface area contributed by atoms with E-state index >= 15 is 0 Å². The topological polar surface area (TPSA) is 55.2 Å². The molecule has 1 N–H and O–H groups in total. The molecule has 0 amide bonds. The lowest BCUT2D eigenvalue weighted by molar-refractivity contribution is -0.384. The Hall–Kier alpha value is -1.42. The van der Waals surface area contributed by atoms with Crippen molar-refractivity contribution in [1.82, 2.24) is 5.32 Å². The Morgan fingerprint density at radius 1 is 1.40 bits per heavy atom. The van der Waals surface area contributed by atoms with E-state index < -0.39 is 0 Å². The van der Waals surface area contributed by atoms with E-state index in [9.17, 15) is 10.1 Å². The Balaban J connectivity index is 2.66. The summed E-state index contributed by atoms with van der Waals surface area (Å²) >= 11 is 0. The third-order valence-corrected chi connectivity index (χ3v) is 2.30. The van der Waals surface area contributed by atoms with Gasteiger partial charge in [0, 0.05) is 18.2 Å². The molecule has 0 aliphatic carbocycles. The summed E-state index contributed by atoms with van der Waals surface area (Å²) in [6.45, 7) is 5.12. The highest BCUT2D eigenvalue weighted by Gasteiger charge is 2.07. The summed E-state index contributed by atoms with van der Waals surface area (Å²) in [4.78, 5) is 10.1. The second-order valence-corrected chi connectivity index (χ2v) is 3.52. The standard InChI is InChI=1S/C11H16N2O2/c1-3-8-12-9(2)10-4-6-11(7-5-10)13(14)15/h4-7,9,12H,3,8H2,1-2H3/t9-/m1/s1. The smallest absolute Gasteiger partial charge is 0.269 e. The molecule has 0 saturated carbocycles. The summed E-state index contributed by atoms with van der Waals surface area (Å²) in [5.41, 5.74) is 1.22. The van der Waals surface area contributed by atoms with Crippen LogP contribution in [0.5, 0.6) is 0 Å². The Bertz CT molecular complexity index is 322. The number of hydrogen-bond acceptors (Lipinski definition) is 3. The molecule has 0 bridgehead atoms. The lowest BCUT2D eigenvalue weighted by atomic mass is 10.1. The summed E-state index contributed by atoms with van der Waals surface area (Å²) in [5, 5.41) is 13.8. The van der Waals surface area contributed by atoms with Crippen molar-refractivity contribution in [2.24, 2.45) is 0 Å². The fraction of sp³-hybridized carbons (Fsp3) is 0.455. The van der Waals surface area contributed by atoms with Gasteiger partial charge in [-0.2, -0.15) is 0 Å². The van der Waals surface area contributed by atoms with Crippen LogP contribution >= 0.6 is 0 Å². The molecular weight excluding hydrogens is 192 g/mol. The van der Waals surface area contributed by atoms with Crippen LogP contribution in [0.4, 0.5) is 5.69 Å². The average Bonchev–Trinajstić information content (AvgIpc) is 2.26. The molecule has 4 nitrogen and oxygen atoms in total. The molecule has 1 atom stereocenters. The molecule has 0 unspecified atom stereocenters. The number of nitro benzene ring substituents is 1. The fourth-order valence-corrected chi connectivity index (χ4v) is 1.36. The molecule has 0 aliphatic heterocycles. The largest absolute Gasteiger partial charge is 0.310 e. The normalized spacial score (nSPS) is 12.4. The highest BCUT2D eigenvalue weighted by Crippen LogP contribution is 2.17. The Kier molecular flexibility index (Phi) is 4.24. The van der Waals surface area contributed by atoms with E-state index in [1.165, 1.54) is 0 Å². The number of nitro groups is 1. The Morgan fingerprint density at radius 3 is 2.47 bits per heavy atom. The molecule has 0 spiro atoms. The van der Waals surface area contributed by atoms with E-state index in [-0.39, 0.29) is 16.7 Å². The van der Waals surface area contributed by atoms with Crippen molar-refractivity contribution in [2.45, 2.75) is 26.3 Å². The van der Waals surface area contributed by atoms with Gasteiger partial charge in [-0.1, -0.05) is 19.1 Å². The van der Waals surface area contributed by atoms with E-state index in [1.54, 1.807) is 24.3 Å². The van der Waals surface area contributed by atoms with Crippen molar-refractivity contribution < 1.29 is 4.92 Å². The van der Waals surface area contributed by atoms with Crippen LogP contribution in [0.1, 0.15) is 31.9 Å². The zero-order chi connectivity index (χ0) is 11.3. The molecule has 82 valence electrons. The predicted octanol–water partition coefficient (Wildman–Crippen LogP) is 2.66. The van der Waals surface area contributed by atoms with Gasteiger partial charge in [-0.15, -0.1) is 0 Å². The quantitative estimate of drug-likeness (QED) is 0.597. The SMILES string of the molecule is CCCN[C@H](C)c1ccc([N+](=O)[O-])cc1. The molecule has 0 heterocycles. The van der Waals surface area contributed by atoms with Crippen molar-refractivity contribution in [3.63, 3.8) is 0 Å². The minimum absolute atomic E-state index is 0.140. The van der Waals surface area contributed by atoms with Crippen LogP contribution in [-0.2, 0) is 0 Å². The van der Waals surface area contributed by atoms with Crippen molar-refractivity contribution in [3.8, 4) is 0 Å². The van der Waals surface area contributed by atoms with Gasteiger partial charge in [0.1, 0.15) is 0 Å². The molecule has 1 aromatic rings. The molecule has 1 rings (SSSR count). The van der Waals surface area contributed by atoms with Gasteiger partial charge in [-0.25, -0.2) is 0 Å². The van der Waals surface area contributed by atoms with Gasteiger partial charge in [-0.05, 0) is 25.5 Å². The first kappa shape index (κ1) is 11.7. The van der Waals surface area contributed by atoms with Gasteiger partial charge < -0.3 is 5.32 Å². The molecule has 0 aliphatic rings. The maximum Gasteiger partial charge on any atom is 0.269 e. The van der Waals surface area contributed by atoms with Gasteiger partial charge in [0.2, 0.25) is 0 Å². The lowest BCUT2D eigenvalue weighted by Crippen LogP contribution is -2.19. The van der Waals surface area contributed by atoms with Crippen LogP contribution in [-0.4, -0.2) is 11.5 Å². The van der Waals surface area contributed by atoms with E-state index in [4.69, 9.17) is 0 Å². The van der Waals surface area contributed by atoms with E-state index in [1.807, 2.05) is 0 Å². The third-order valence-electron chi connectivity index (χ3n) is 2.30. The second-order valence-electron chi connectivity index (χ2n) is 3.52. The Morgan fingerprint density at radius 2 is 2.00 bits per heavy atom. The minimum atomic E-state index is -0.381. The van der Waals surface area contributed by atoms with Gasteiger partial charge in [0.05, 0.1) is 4.92 Å². The molecule has 0 saturated heterocycles. The number of nitrogens with one attached hydrogen (secondary N) is 1. The maximum absolute atomic E-state index is 10.4. The van der Waals surface area contributed by atoms with Crippen molar-refractivity contribution in [2.75, 3.05) is 6.54 Å². The molecular formula is C11H16N2O2. The molecule has 0 fully saturated rings. The fourth-order valence-electron chi connectivity index (χ4n) is 1.36. The van der Waals surface area contributed by atoms with Crippen molar-refractivity contribution >= 4 is 5.69 Å². The van der Waals surface area contributed by atoms with E-state index in [2.05, 4.69) is 19.2 Å². The first-order valence-electron chi connectivity index (χ1n) is 5.13. The molecule has 15 heavy (non-hydrogen) atoms. The van der Waals surface area contributed by atoms with Gasteiger partial charge in [-0.3, -0.25) is 10.1 Å².